The van der Waals surface area contributed by atoms with E-state index in [4.69, 9.17) is 10.5 Å². The summed E-state index contributed by atoms with van der Waals surface area (Å²) < 4.78 is 0. The Bertz CT molecular complexity index is 3560. The summed E-state index contributed by atoms with van der Waals surface area (Å²) in [6.45, 7) is 0. The molecule has 0 radical (unpaired) electrons. The Labute approximate surface area is 430 Å². The molecular weight excluding hydrogens is 939 g/mol. The molecule has 73 heavy (non-hydrogen) atoms. The standard InChI is InChI=1S/C64H41N3O4S2/c65-40-49(63(68)69)38-54-33-35-61(72-54)47-23-13-42(14-24-47)9-11-44-17-27-51(28-18-44)67(53-31-21-46(22-32-53)37-60-58-7-3-1-5-56(58)57-6-2-4-8-59(57)60)52-29-19-45(20-30-52)12-10-43-15-25-48(26-16-43)62-36-34-55(73-62)39-50(41-66)64(70)71/h1-39H,(H,68,69)(H,70,71)/b11-9+,12-10+,49-38-,50-39+. The average Bonchev–Trinajstić information content (AvgIpc) is 4.18. The molecule has 1 aliphatic carbocycles. The molecule has 0 saturated carbocycles. The monoisotopic (exact) mass is 979 g/mol. The summed E-state index contributed by atoms with van der Waals surface area (Å²) in [6.07, 6.45) is 13.4. The first kappa shape index (κ1) is 47.1. The minimum atomic E-state index is -1.24. The van der Waals surface area contributed by atoms with Gasteiger partial charge in [-0.1, -0.05) is 158 Å². The van der Waals surface area contributed by atoms with E-state index >= 15 is 0 Å². The number of hydrogen-bond donors (Lipinski definition) is 2. The number of rotatable bonds is 14. The summed E-state index contributed by atoms with van der Waals surface area (Å²) in [5.74, 6) is -2.48. The molecule has 2 N–H and O–H groups in total. The van der Waals surface area contributed by atoms with Gasteiger partial charge in [0.15, 0.2) is 0 Å². The van der Waals surface area contributed by atoms with E-state index in [1.807, 2.05) is 48.5 Å². The fraction of sp³-hybridized carbons (Fsp3) is 0. The number of aliphatic carboxylic acids is 2. The average molecular weight is 980 g/mol. The van der Waals surface area contributed by atoms with E-state index in [0.29, 0.717) is 9.75 Å². The summed E-state index contributed by atoms with van der Waals surface area (Å²) in [5, 5.41) is 36.8. The van der Waals surface area contributed by atoms with Crippen LogP contribution in [0.4, 0.5) is 17.1 Å². The predicted molar refractivity (Wildman–Crippen MR) is 300 cm³/mol. The number of carboxylic acid groups (broad SMARTS) is 2. The third-order valence-corrected chi connectivity index (χ3v) is 14.5. The van der Waals surface area contributed by atoms with E-state index in [0.717, 1.165) is 65.8 Å². The molecule has 0 spiro atoms. The predicted octanol–water partition coefficient (Wildman–Crippen LogP) is 16.5. The molecule has 10 rings (SSSR count). The van der Waals surface area contributed by atoms with Crippen LogP contribution < -0.4 is 4.90 Å². The zero-order chi connectivity index (χ0) is 50.3. The minimum Gasteiger partial charge on any atom is -0.477 e. The van der Waals surface area contributed by atoms with Crippen molar-refractivity contribution >= 4 is 99.8 Å². The lowest BCUT2D eigenvalue weighted by atomic mass is 10.0. The van der Waals surface area contributed by atoms with Crippen LogP contribution in [0, 0.1) is 22.7 Å². The van der Waals surface area contributed by atoms with Crippen LogP contribution in [0.2, 0.25) is 0 Å². The first-order chi connectivity index (χ1) is 35.7. The first-order valence-corrected chi connectivity index (χ1v) is 24.8. The van der Waals surface area contributed by atoms with Gasteiger partial charge in [0.1, 0.15) is 23.3 Å². The Balaban J connectivity index is 0.887. The second kappa shape index (κ2) is 21.2. The van der Waals surface area contributed by atoms with Gasteiger partial charge in [0.05, 0.1) is 0 Å². The summed E-state index contributed by atoms with van der Waals surface area (Å²) in [4.78, 5) is 28.2. The van der Waals surface area contributed by atoms with E-state index in [1.165, 1.54) is 62.7 Å². The highest BCUT2D eigenvalue weighted by molar-refractivity contribution is 7.16. The number of nitriles is 2. The van der Waals surface area contributed by atoms with Gasteiger partial charge in [0, 0.05) is 36.6 Å². The molecule has 9 aromatic rings. The third kappa shape index (κ3) is 10.6. The van der Waals surface area contributed by atoms with Crippen LogP contribution in [0.1, 0.15) is 48.7 Å². The highest BCUT2D eigenvalue weighted by Crippen LogP contribution is 2.45. The highest BCUT2D eigenvalue weighted by atomic mass is 32.1. The molecule has 9 heteroatoms. The van der Waals surface area contributed by atoms with Crippen LogP contribution in [-0.2, 0) is 9.59 Å². The molecule has 1 aliphatic rings. The summed E-state index contributed by atoms with van der Waals surface area (Å²) in [6, 6.07) is 70.3. The highest BCUT2D eigenvalue weighted by Gasteiger charge is 2.22. The largest absolute Gasteiger partial charge is 0.477 e. The minimum absolute atomic E-state index is 0.295. The Morgan fingerprint density at radius 1 is 0.411 bits per heavy atom. The Kier molecular flexibility index (Phi) is 13.6. The van der Waals surface area contributed by atoms with Crippen molar-refractivity contribution in [3.8, 4) is 44.1 Å². The number of benzene rings is 7. The number of thiophene rings is 2. The Morgan fingerprint density at radius 2 is 0.740 bits per heavy atom. The topological polar surface area (TPSA) is 125 Å². The van der Waals surface area contributed by atoms with Crippen LogP contribution in [-0.4, -0.2) is 22.2 Å². The Morgan fingerprint density at radius 3 is 1.08 bits per heavy atom. The van der Waals surface area contributed by atoms with Crippen LogP contribution in [0.5, 0.6) is 0 Å². The van der Waals surface area contributed by atoms with Gasteiger partial charge < -0.3 is 15.1 Å². The van der Waals surface area contributed by atoms with Crippen molar-refractivity contribution in [1.29, 1.82) is 10.5 Å². The molecule has 0 unspecified atom stereocenters. The zero-order valence-electron chi connectivity index (χ0n) is 38.9. The van der Waals surface area contributed by atoms with E-state index in [2.05, 4.69) is 181 Å². The van der Waals surface area contributed by atoms with Gasteiger partial charge in [-0.2, -0.15) is 10.5 Å². The van der Waals surface area contributed by atoms with Gasteiger partial charge in [0.2, 0.25) is 0 Å². The van der Waals surface area contributed by atoms with E-state index < -0.39 is 11.9 Å². The van der Waals surface area contributed by atoms with Crippen molar-refractivity contribution in [2.45, 2.75) is 0 Å². The molecule has 7 aromatic carbocycles. The number of anilines is 3. The summed E-state index contributed by atoms with van der Waals surface area (Å²) in [7, 11) is 0. The van der Waals surface area contributed by atoms with Gasteiger partial charge in [-0.3, -0.25) is 0 Å². The lowest BCUT2D eigenvalue weighted by Crippen LogP contribution is -2.09. The fourth-order valence-corrected chi connectivity index (χ4v) is 10.6. The number of fused-ring (bicyclic) bond motifs is 3. The van der Waals surface area contributed by atoms with Crippen LogP contribution >= 0.6 is 22.7 Å². The third-order valence-electron chi connectivity index (χ3n) is 12.3. The first-order valence-electron chi connectivity index (χ1n) is 23.2. The lowest BCUT2D eigenvalue weighted by molar-refractivity contribution is -0.133. The molecule has 0 amide bonds. The van der Waals surface area contributed by atoms with Crippen molar-refractivity contribution in [1.82, 2.24) is 0 Å². The molecule has 0 aliphatic heterocycles. The zero-order valence-corrected chi connectivity index (χ0v) is 40.5. The van der Waals surface area contributed by atoms with Gasteiger partial charge in [-0.25, -0.2) is 9.59 Å². The molecule has 2 aromatic heterocycles. The summed E-state index contributed by atoms with van der Waals surface area (Å²) in [5.41, 5.74) is 15.9. The molecule has 2 heterocycles. The van der Waals surface area contributed by atoms with Crippen molar-refractivity contribution in [3.05, 3.63) is 254 Å². The maximum absolute atomic E-state index is 11.3. The lowest BCUT2D eigenvalue weighted by Gasteiger charge is -2.26. The van der Waals surface area contributed by atoms with Crippen molar-refractivity contribution in [2.75, 3.05) is 4.90 Å². The number of hydrogen-bond acceptors (Lipinski definition) is 7. The molecule has 0 bridgehead atoms. The van der Waals surface area contributed by atoms with E-state index in [1.54, 1.807) is 12.1 Å². The number of nitrogens with zero attached hydrogens (tertiary/aromatic N) is 3. The molecule has 7 nitrogen and oxygen atoms in total. The van der Waals surface area contributed by atoms with E-state index in [9.17, 15) is 19.8 Å². The fourth-order valence-electron chi connectivity index (χ4n) is 8.65. The maximum atomic E-state index is 11.3. The summed E-state index contributed by atoms with van der Waals surface area (Å²) >= 11 is 2.87. The number of carboxylic acids is 2. The Hall–Kier alpha value is -9.64. The normalized spacial score (nSPS) is 12.1. The van der Waals surface area contributed by atoms with Gasteiger partial charge >= 0.3 is 11.9 Å². The second-order valence-electron chi connectivity index (χ2n) is 17.0. The van der Waals surface area contributed by atoms with Gasteiger partial charge in [0.25, 0.3) is 0 Å². The molecular formula is C64H41N3O4S2. The van der Waals surface area contributed by atoms with Crippen LogP contribution in [0.25, 0.3) is 80.1 Å². The quantitative estimate of drug-likeness (QED) is 0.0631. The molecule has 0 fully saturated rings. The van der Waals surface area contributed by atoms with Crippen LogP contribution in [0.3, 0.4) is 0 Å². The van der Waals surface area contributed by atoms with Gasteiger partial charge in [-0.05, 0) is 146 Å². The molecule has 0 atom stereocenters. The smallest absolute Gasteiger partial charge is 0.346 e. The second-order valence-corrected chi connectivity index (χ2v) is 19.3. The van der Waals surface area contributed by atoms with Crippen molar-refractivity contribution < 1.29 is 19.8 Å². The van der Waals surface area contributed by atoms with E-state index in [-0.39, 0.29) is 11.1 Å². The SMILES string of the molecule is N#C/C(=C/c1ccc(-c2ccc(/C=C/c3ccc(N(c4ccc(C=C5c6ccccc6-c6ccccc65)cc4)c4ccc(/C=C/c5ccc(-c6ccc(/C=C(\C#N)C(=O)O)s6)cc5)cc4)cc3)cc2)s1)C(=O)O. The van der Waals surface area contributed by atoms with Gasteiger partial charge in [-0.15, -0.1) is 22.7 Å². The number of carbonyl (C=O) groups is 2. The van der Waals surface area contributed by atoms with Crippen LogP contribution in [0.15, 0.2) is 205 Å². The molecule has 0 saturated heterocycles. The van der Waals surface area contributed by atoms with Crippen molar-refractivity contribution in [2.24, 2.45) is 0 Å². The van der Waals surface area contributed by atoms with Crippen molar-refractivity contribution in [3.63, 3.8) is 0 Å². The maximum Gasteiger partial charge on any atom is 0.346 e. The molecule has 348 valence electrons.